The van der Waals surface area contributed by atoms with E-state index in [1.54, 1.807) is 0 Å². The molecule has 0 fully saturated rings. The zero-order chi connectivity index (χ0) is 15.6. The quantitative estimate of drug-likeness (QED) is 0.692. The molecule has 0 aliphatic heterocycles. The molecule has 0 spiro atoms. The van der Waals surface area contributed by atoms with Crippen molar-refractivity contribution in [1.82, 2.24) is 0 Å². The monoisotopic (exact) mass is 294 g/mol. The van der Waals surface area contributed by atoms with E-state index in [2.05, 4.69) is 0 Å². The Hall–Kier alpha value is -2.54. The predicted octanol–water partition coefficient (Wildman–Crippen LogP) is 3.43. The second-order valence-electron chi connectivity index (χ2n) is 4.38. The van der Waals surface area contributed by atoms with Gasteiger partial charge >= 0.3 is 0 Å². The van der Waals surface area contributed by atoms with Crippen molar-refractivity contribution < 1.29 is 18.4 Å². The first-order chi connectivity index (χ1) is 9.92. The van der Waals surface area contributed by atoms with Crippen LogP contribution >= 0.6 is 0 Å². The number of hydrogen-bond acceptors (Lipinski definition) is 4. The highest BCUT2D eigenvalue weighted by atomic mass is 19.1. The van der Waals surface area contributed by atoms with Crippen LogP contribution in [-0.2, 0) is 6.54 Å². The molecule has 0 atom stereocenters. The molecule has 0 aliphatic rings. The third kappa shape index (κ3) is 3.14. The molecule has 0 aromatic heterocycles. The molecule has 2 N–H and O–H groups in total. The average Bonchev–Trinajstić information content (AvgIpc) is 2.43. The van der Waals surface area contributed by atoms with Crippen LogP contribution in [0.15, 0.2) is 30.3 Å². The minimum atomic E-state index is -0.875. The fourth-order valence-electron chi connectivity index (χ4n) is 1.85. The number of rotatable bonds is 4. The lowest BCUT2D eigenvalue weighted by atomic mass is 10.1. The van der Waals surface area contributed by atoms with E-state index in [9.17, 15) is 18.9 Å². The van der Waals surface area contributed by atoms with Crippen molar-refractivity contribution in [2.45, 2.75) is 13.5 Å². The standard InChI is InChI=1S/C14H12F2N2O3/c1-8-4-14(11(16)6-12(8)18(19)20)21-13-3-2-10(15)5-9(13)7-17/h2-6H,7,17H2,1H3. The molecule has 2 aromatic carbocycles. The molecular formula is C14H12F2N2O3. The highest BCUT2D eigenvalue weighted by Crippen LogP contribution is 2.32. The Bertz CT molecular complexity index is 705. The van der Waals surface area contributed by atoms with Gasteiger partial charge < -0.3 is 10.5 Å². The first-order valence-corrected chi connectivity index (χ1v) is 6.03. The van der Waals surface area contributed by atoms with Crippen LogP contribution in [0.3, 0.4) is 0 Å². The highest BCUT2D eigenvalue weighted by Gasteiger charge is 2.17. The smallest absolute Gasteiger partial charge is 0.275 e. The summed E-state index contributed by atoms with van der Waals surface area (Å²) in [5.41, 5.74) is 5.76. The van der Waals surface area contributed by atoms with Crippen LogP contribution in [-0.4, -0.2) is 4.92 Å². The summed E-state index contributed by atoms with van der Waals surface area (Å²) in [7, 11) is 0. The van der Waals surface area contributed by atoms with Gasteiger partial charge in [0.2, 0.25) is 0 Å². The number of nitro groups is 1. The molecule has 0 unspecified atom stereocenters. The maximum Gasteiger partial charge on any atom is 0.275 e. The summed E-state index contributed by atoms with van der Waals surface area (Å²) in [4.78, 5) is 10.0. The molecule has 0 bridgehead atoms. The fraction of sp³-hybridized carbons (Fsp3) is 0.143. The van der Waals surface area contributed by atoms with Gasteiger partial charge in [-0.05, 0) is 31.2 Å². The van der Waals surface area contributed by atoms with Crippen LogP contribution in [0.5, 0.6) is 11.5 Å². The molecule has 2 aromatic rings. The van der Waals surface area contributed by atoms with Gasteiger partial charge in [-0.25, -0.2) is 8.78 Å². The van der Waals surface area contributed by atoms with Gasteiger partial charge in [-0.3, -0.25) is 10.1 Å². The lowest BCUT2D eigenvalue weighted by Crippen LogP contribution is -2.01. The highest BCUT2D eigenvalue weighted by molar-refractivity contribution is 5.47. The Morgan fingerprint density at radius 1 is 1.24 bits per heavy atom. The number of nitro benzene ring substituents is 1. The Morgan fingerprint density at radius 2 is 1.95 bits per heavy atom. The van der Waals surface area contributed by atoms with Gasteiger partial charge in [0.25, 0.3) is 5.69 Å². The molecule has 0 saturated heterocycles. The van der Waals surface area contributed by atoms with Gasteiger partial charge in [-0.15, -0.1) is 0 Å². The van der Waals surface area contributed by atoms with Crippen LogP contribution in [0, 0.1) is 28.7 Å². The number of nitrogens with zero attached hydrogens (tertiary/aromatic N) is 1. The van der Waals surface area contributed by atoms with Crippen LogP contribution in [0.25, 0.3) is 0 Å². The maximum atomic E-state index is 13.9. The number of halogens is 2. The minimum Gasteiger partial charge on any atom is -0.454 e. The normalized spacial score (nSPS) is 10.5. The second-order valence-corrected chi connectivity index (χ2v) is 4.38. The zero-order valence-electron chi connectivity index (χ0n) is 11.1. The number of aryl methyl sites for hydroxylation is 1. The van der Waals surface area contributed by atoms with Gasteiger partial charge in [0.05, 0.1) is 11.0 Å². The van der Waals surface area contributed by atoms with Crippen LogP contribution < -0.4 is 10.5 Å². The third-order valence-electron chi connectivity index (χ3n) is 2.91. The topological polar surface area (TPSA) is 78.4 Å². The lowest BCUT2D eigenvalue weighted by molar-refractivity contribution is -0.385. The Kier molecular flexibility index (Phi) is 4.13. The van der Waals surface area contributed by atoms with E-state index in [0.29, 0.717) is 5.56 Å². The summed E-state index contributed by atoms with van der Waals surface area (Å²) in [5, 5.41) is 10.7. The van der Waals surface area contributed by atoms with E-state index in [1.807, 2.05) is 0 Å². The van der Waals surface area contributed by atoms with E-state index in [0.717, 1.165) is 12.1 Å². The van der Waals surface area contributed by atoms with Gasteiger partial charge in [-0.2, -0.15) is 0 Å². The van der Waals surface area contributed by atoms with Crippen molar-refractivity contribution in [3.8, 4) is 11.5 Å². The fourth-order valence-corrected chi connectivity index (χ4v) is 1.85. The summed E-state index contributed by atoms with van der Waals surface area (Å²) >= 11 is 0. The summed E-state index contributed by atoms with van der Waals surface area (Å²) in [5.74, 6) is -1.34. The van der Waals surface area contributed by atoms with Gasteiger partial charge in [0.1, 0.15) is 11.6 Å². The molecule has 7 heteroatoms. The summed E-state index contributed by atoms with van der Waals surface area (Å²) in [6.07, 6.45) is 0. The summed E-state index contributed by atoms with van der Waals surface area (Å²) < 4.78 is 32.3. The molecule has 0 saturated carbocycles. The molecule has 110 valence electrons. The molecule has 0 heterocycles. The largest absolute Gasteiger partial charge is 0.454 e. The molecule has 0 radical (unpaired) electrons. The molecule has 21 heavy (non-hydrogen) atoms. The second kappa shape index (κ2) is 5.84. The van der Waals surface area contributed by atoms with Crippen molar-refractivity contribution >= 4 is 5.69 Å². The lowest BCUT2D eigenvalue weighted by Gasteiger charge is -2.11. The number of benzene rings is 2. The van der Waals surface area contributed by atoms with E-state index in [4.69, 9.17) is 10.5 Å². The molecule has 0 amide bonds. The third-order valence-corrected chi connectivity index (χ3v) is 2.91. The van der Waals surface area contributed by atoms with Crippen LogP contribution in [0.2, 0.25) is 0 Å². The van der Waals surface area contributed by atoms with Crippen molar-refractivity contribution in [1.29, 1.82) is 0 Å². The zero-order valence-corrected chi connectivity index (χ0v) is 11.1. The van der Waals surface area contributed by atoms with Gasteiger partial charge in [-0.1, -0.05) is 0 Å². The van der Waals surface area contributed by atoms with E-state index < -0.39 is 16.6 Å². The molecule has 5 nitrogen and oxygen atoms in total. The summed E-state index contributed by atoms with van der Waals surface area (Å²) in [6, 6.07) is 5.68. The predicted molar refractivity (Wildman–Crippen MR) is 72.2 cm³/mol. The van der Waals surface area contributed by atoms with Gasteiger partial charge in [0.15, 0.2) is 11.6 Å². The van der Waals surface area contributed by atoms with E-state index >= 15 is 0 Å². The Balaban J connectivity index is 2.41. The number of hydrogen-bond donors (Lipinski definition) is 1. The first kappa shape index (κ1) is 14.9. The molecule has 2 rings (SSSR count). The van der Waals surface area contributed by atoms with Crippen molar-refractivity contribution in [2.24, 2.45) is 5.73 Å². The first-order valence-electron chi connectivity index (χ1n) is 6.03. The maximum absolute atomic E-state index is 13.9. The molecule has 0 aliphatic carbocycles. The van der Waals surface area contributed by atoms with Crippen LogP contribution in [0.1, 0.15) is 11.1 Å². The number of ether oxygens (including phenoxy) is 1. The van der Waals surface area contributed by atoms with Crippen LogP contribution in [0.4, 0.5) is 14.5 Å². The number of nitrogens with two attached hydrogens (primary N) is 1. The van der Waals surface area contributed by atoms with E-state index in [-0.39, 0.29) is 29.3 Å². The van der Waals surface area contributed by atoms with Gasteiger partial charge in [0, 0.05) is 17.7 Å². The van der Waals surface area contributed by atoms with Crippen molar-refractivity contribution in [3.05, 3.63) is 63.2 Å². The Morgan fingerprint density at radius 3 is 2.57 bits per heavy atom. The summed E-state index contributed by atoms with van der Waals surface area (Å²) in [6.45, 7) is 1.49. The Labute approximate surface area is 119 Å². The van der Waals surface area contributed by atoms with Crippen molar-refractivity contribution in [2.75, 3.05) is 0 Å². The minimum absolute atomic E-state index is 0.0146. The van der Waals surface area contributed by atoms with E-state index in [1.165, 1.54) is 25.1 Å². The average molecular weight is 294 g/mol. The molecular weight excluding hydrogens is 282 g/mol. The van der Waals surface area contributed by atoms with Crippen molar-refractivity contribution in [3.63, 3.8) is 0 Å². The SMILES string of the molecule is Cc1cc(Oc2ccc(F)cc2CN)c(F)cc1[N+](=O)[O-].